The minimum atomic E-state index is -3.71. The van der Waals surface area contributed by atoms with Gasteiger partial charge in [0.2, 0.25) is 10.0 Å². The summed E-state index contributed by atoms with van der Waals surface area (Å²) in [5.41, 5.74) is 2.93. The Labute approximate surface area is 163 Å². The largest absolute Gasteiger partial charge is 0.481 e. The van der Waals surface area contributed by atoms with Crippen molar-refractivity contribution in [1.82, 2.24) is 14.3 Å². The fourth-order valence-electron chi connectivity index (χ4n) is 4.01. The lowest BCUT2D eigenvalue weighted by atomic mass is 9.92. The van der Waals surface area contributed by atoms with Crippen molar-refractivity contribution in [3.05, 3.63) is 60.0 Å². The van der Waals surface area contributed by atoms with Gasteiger partial charge in [0, 0.05) is 35.5 Å². The van der Waals surface area contributed by atoms with Gasteiger partial charge in [-0.25, -0.2) is 13.1 Å². The number of carbonyl (C=O) groups is 1. The zero-order valence-electron chi connectivity index (χ0n) is 15.2. The van der Waals surface area contributed by atoms with Crippen LogP contribution in [0.4, 0.5) is 0 Å². The second-order valence-electron chi connectivity index (χ2n) is 6.93. The molecule has 1 aliphatic rings. The number of aromatic nitrogens is 2. The topological polar surface area (TPSA) is 101 Å². The number of aryl methyl sites for hydroxylation is 2. The number of carboxylic acid groups (broad SMARTS) is 1. The van der Waals surface area contributed by atoms with Crippen LogP contribution in [-0.4, -0.2) is 29.0 Å². The maximum Gasteiger partial charge on any atom is 0.305 e. The fraction of sp³-hybridized carbons (Fsp3) is 0.300. The van der Waals surface area contributed by atoms with Gasteiger partial charge < -0.3 is 9.67 Å². The van der Waals surface area contributed by atoms with E-state index in [0.717, 1.165) is 35.0 Å². The highest BCUT2D eigenvalue weighted by atomic mass is 32.2. The molecular weight excluding hydrogens is 378 g/mol. The van der Waals surface area contributed by atoms with E-state index in [1.807, 2.05) is 28.8 Å². The molecule has 0 saturated heterocycles. The second-order valence-corrected chi connectivity index (χ2v) is 8.64. The Kier molecular flexibility index (Phi) is 4.91. The second kappa shape index (κ2) is 7.37. The normalized spacial score (nSPS) is 16.8. The molecule has 0 saturated carbocycles. The lowest BCUT2D eigenvalue weighted by Crippen LogP contribution is -2.32. The van der Waals surface area contributed by atoms with Crippen LogP contribution in [0.15, 0.2) is 53.7 Å². The van der Waals surface area contributed by atoms with E-state index in [-0.39, 0.29) is 11.3 Å². The van der Waals surface area contributed by atoms with Gasteiger partial charge in [-0.3, -0.25) is 9.78 Å². The SMILES string of the molecule is O=C(O)CCn1c2c(c3ccccc31)CCCC2NS(=O)(=O)c1ccncc1. The predicted molar refractivity (Wildman–Crippen MR) is 104 cm³/mol. The molecule has 1 aliphatic carbocycles. The maximum atomic E-state index is 12.9. The van der Waals surface area contributed by atoms with E-state index in [9.17, 15) is 13.2 Å². The average Bonchev–Trinajstić information content (AvgIpc) is 3.02. The molecular formula is C20H21N3O4S. The molecule has 7 nitrogen and oxygen atoms in total. The molecule has 2 aromatic heterocycles. The minimum Gasteiger partial charge on any atom is -0.481 e. The van der Waals surface area contributed by atoms with Crippen LogP contribution in [0.5, 0.6) is 0 Å². The summed E-state index contributed by atoms with van der Waals surface area (Å²) in [6, 6.07) is 10.4. The first kappa shape index (κ1) is 18.6. The van der Waals surface area contributed by atoms with E-state index in [1.165, 1.54) is 24.5 Å². The molecule has 2 N–H and O–H groups in total. The molecule has 3 aromatic rings. The molecule has 2 heterocycles. The summed E-state index contributed by atoms with van der Waals surface area (Å²) in [6.45, 7) is 0.304. The highest BCUT2D eigenvalue weighted by Gasteiger charge is 2.31. The Morgan fingerprint density at radius 1 is 1.21 bits per heavy atom. The van der Waals surface area contributed by atoms with Crippen LogP contribution in [-0.2, 0) is 27.8 Å². The standard InChI is InChI=1S/C20H21N3O4S/c24-19(25)10-13-23-18-7-2-1-4-15(18)16-5-3-6-17(20(16)23)22-28(26,27)14-8-11-21-12-9-14/h1-2,4,7-9,11-12,17,22H,3,5-6,10,13H2,(H,24,25). The summed E-state index contributed by atoms with van der Waals surface area (Å²) in [4.78, 5) is 15.2. The molecule has 0 amide bonds. The quantitative estimate of drug-likeness (QED) is 0.664. The predicted octanol–water partition coefficient (Wildman–Crippen LogP) is 2.87. The number of nitrogens with zero attached hydrogens (tertiary/aromatic N) is 2. The molecule has 0 aliphatic heterocycles. The molecule has 0 spiro atoms. The molecule has 0 bridgehead atoms. The van der Waals surface area contributed by atoms with Gasteiger partial charge in [0.1, 0.15) is 0 Å². The summed E-state index contributed by atoms with van der Waals surface area (Å²) in [5, 5.41) is 10.2. The Morgan fingerprint density at radius 2 is 1.96 bits per heavy atom. The van der Waals surface area contributed by atoms with Crippen molar-refractivity contribution in [3.63, 3.8) is 0 Å². The zero-order valence-corrected chi connectivity index (χ0v) is 16.0. The first-order chi connectivity index (χ1) is 13.5. The van der Waals surface area contributed by atoms with E-state index in [4.69, 9.17) is 5.11 Å². The number of sulfonamides is 1. The average molecular weight is 399 g/mol. The van der Waals surface area contributed by atoms with Crippen LogP contribution in [0.3, 0.4) is 0 Å². The maximum absolute atomic E-state index is 12.9. The van der Waals surface area contributed by atoms with Crippen molar-refractivity contribution in [2.45, 2.75) is 43.2 Å². The van der Waals surface area contributed by atoms with E-state index >= 15 is 0 Å². The number of fused-ring (bicyclic) bond motifs is 3. The number of rotatable bonds is 6. The minimum absolute atomic E-state index is 0.0189. The van der Waals surface area contributed by atoms with Crippen molar-refractivity contribution in [1.29, 1.82) is 0 Å². The Balaban J connectivity index is 1.79. The van der Waals surface area contributed by atoms with Gasteiger partial charge >= 0.3 is 5.97 Å². The van der Waals surface area contributed by atoms with Crippen LogP contribution >= 0.6 is 0 Å². The van der Waals surface area contributed by atoms with Gasteiger partial charge in [0.15, 0.2) is 0 Å². The molecule has 1 aromatic carbocycles. The van der Waals surface area contributed by atoms with Crippen molar-refractivity contribution in [2.75, 3.05) is 0 Å². The number of hydrogen-bond donors (Lipinski definition) is 2. The van der Waals surface area contributed by atoms with Crippen LogP contribution in [0.2, 0.25) is 0 Å². The smallest absolute Gasteiger partial charge is 0.305 e. The highest BCUT2D eigenvalue weighted by molar-refractivity contribution is 7.89. The van der Waals surface area contributed by atoms with Crippen LogP contribution in [0.25, 0.3) is 10.9 Å². The summed E-state index contributed by atoms with van der Waals surface area (Å²) < 4.78 is 30.5. The fourth-order valence-corrected chi connectivity index (χ4v) is 5.23. The van der Waals surface area contributed by atoms with Gasteiger partial charge in [-0.15, -0.1) is 0 Å². The molecule has 8 heteroatoms. The Hall–Kier alpha value is -2.71. The summed E-state index contributed by atoms with van der Waals surface area (Å²) in [7, 11) is -3.71. The third-order valence-corrected chi connectivity index (χ3v) is 6.66. The molecule has 28 heavy (non-hydrogen) atoms. The first-order valence-corrected chi connectivity index (χ1v) is 10.7. The lowest BCUT2D eigenvalue weighted by molar-refractivity contribution is -0.137. The van der Waals surface area contributed by atoms with Crippen LogP contribution in [0.1, 0.15) is 36.6 Å². The third-order valence-electron chi connectivity index (χ3n) is 5.18. The lowest BCUT2D eigenvalue weighted by Gasteiger charge is -2.26. The number of hydrogen-bond acceptors (Lipinski definition) is 4. The van der Waals surface area contributed by atoms with Crippen molar-refractivity contribution in [2.24, 2.45) is 0 Å². The van der Waals surface area contributed by atoms with Gasteiger partial charge in [-0.2, -0.15) is 0 Å². The van der Waals surface area contributed by atoms with Gasteiger partial charge in [0.25, 0.3) is 0 Å². The summed E-state index contributed by atoms with van der Waals surface area (Å²) in [5.74, 6) is -0.878. The Bertz CT molecular complexity index is 1120. The van der Waals surface area contributed by atoms with Crippen molar-refractivity contribution < 1.29 is 18.3 Å². The van der Waals surface area contributed by atoms with Crippen molar-refractivity contribution >= 4 is 26.9 Å². The number of aliphatic carboxylic acids is 1. The number of benzene rings is 1. The third kappa shape index (κ3) is 3.41. The molecule has 146 valence electrons. The number of pyridine rings is 1. The van der Waals surface area contributed by atoms with Gasteiger partial charge in [-0.1, -0.05) is 18.2 Å². The highest BCUT2D eigenvalue weighted by Crippen LogP contribution is 2.38. The number of nitrogens with one attached hydrogen (secondary N) is 1. The zero-order chi connectivity index (χ0) is 19.7. The summed E-state index contributed by atoms with van der Waals surface area (Å²) in [6.07, 6.45) is 5.26. The van der Waals surface area contributed by atoms with E-state index in [1.54, 1.807) is 0 Å². The van der Waals surface area contributed by atoms with Gasteiger partial charge in [0.05, 0.1) is 17.4 Å². The monoisotopic (exact) mass is 399 g/mol. The number of para-hydroxylation sites is 1. The van der Waals surface area contributed by atoms with Crippen LogP contribution in [0, 0.1) is 0 Å². The molecule has 0 fully saturated rings. The molecule has 1 unspecified atom stereocenters. The first-order valence-electron chi connectivity index (χ1n) is 9.21. The molecule has 1 atom stereocenters. The van der Waals surface area contributed by atoms with E-state index in [2.05, 4.69) is 9.71 Å². The number of carboxylic acids is 1. The molecule has 4 rings (SSSR count). The van der Waals surface area contributed by atoms with Gasteiger partial charge in [-0.05, 0) is 43.0 Å². The molecule has 0 radical (unpaired) electrons. The van der Waals surface area contributed by atoms with E-state index in [0.29, 0.717) is 13.0 Å². The van der Waals surface area contributed by atoms with E-state index < -0.39 is 22.0 Å². The summed E-state index contributed by atoms with van der Waals surface area (Å²) >= 11 is 0. The Morgan fingerprint density at radius 3 is 2.71 bits per heavy atom. The van der Waals surface area contributed by atoms with Crippen LogP contribution < -0.4 is 4.72 Å². The van der Waals surface area contributed by atoms with Crippen molar-refractivity contribution in [3.8, 4) is 0 Å².